The minimum absolute atomic E-state index is 0.0143. The summed E-state index contributed by atoms with van der Waals surface area (Å²) >= 11 is 0. The van der Waals surface area contributed by atoms with E-state index in [0.29, 0.717) is 12.0 Å². The molecule has 0 fully saturated rings. The molecule has 0 unspecified atom stereocenters. The molecular weight excluding hydrogens is 190 g/mol. The van der Waals surface area contributed by atoms with Gasteiger partial charge < -0.3 is 10.2 Å². The largest absolute Gasteiger partial charge is 0.503 e. The lowest BCUT2D eigenvalue weighted by Crippen LogP contribution is -1.85. The second-order valence-corrected chi connectivity index (χ2v) is 2.75. The van der Waals surface area contributed by atoms with Gasteiger partial charge in [-0.25, -0.2) is 8.78 Å². The second-order valence-electron chi connectivity index (χ2n) is 2.75. The monoisotopic (exact) mass is 200 g/mol. The molecule has 0 spiro atoms. The SMILES string of the molecule is OCCC=Cc1cc(F)c(O)c(F)c1. The zero-order valence-corrected chi connectivity index (χ0v) is 7.37. The van der Waals surface area contributed by atoms with Crippen LogP contribution in [0.1, 0.15) is 12.0 Å². The Morgan fingerprint density at radius 1 is 1.21 bits per heavy atom. The van der Waals surface area contributed by atoms with Gasteiger partial charge in [-0.15, -0.1) is 0 Å². The lowest BCUT2D eigenvalue weighted by molar-refractivity contribution is 0.303. The number of rotatable bonds is 3. The van der Waals surface area contributed by atoms with Crippen LogP contribution in [0.4, 0.5) is 8.78 Å². The molecule has 0 heterocycles. The first-order valence-corrected chi connectivity index (χ1v) is 4.10. The van der Waals surface area contributed by atoms with E-state index in [4.69, 9.17) is 10.2 Å². The summed E-state index contributed by atoms with van der Waals surface area (Å²) < 4.78 is 25.6. The van der Waals surface area contributed by atoms with Gasteiger partial charge in [-0.05, 0) is 24.1 Å². The molecule has 0 bridgehead atoms. The summed E-state index contributed by atoms with van der Waals surface area (Å²) in [5, 5.41) is 17.2. The fraction of sp³-hybridized carbons (Fsp3) is 0.200. The number of benzene rings is 1. The van der Waals surface area contributed by atoms with E-state index in [1.807, 2.05) is 0 Å². The number of hydrogen-bond donors (Lipinski definition) is 2. The van der Waals surface area contributed by atoms with Crippen LogP contribution in [0.15, 0.2) is 18.2 Å². The lowest BCUT2D eigenvalue weighted by Gasteiger charge is -1.99. The van der Waals surface area contributed by atoms with E-state index < -0.39 is 17.4 Å². The molecule has 1 aromatic carbocycles. The first-order valence-electron chi connectivity index (χ1n) is 4.10. The second kappa shape index (κ2) is 4.72. The molecule has 0 atom stereocenters. The fourth-order valence-corrected chi connectivity index (χ4v) is 0.975. The van der Waals surface area contributed by atoms with E-state index in [9.17, 15) is 8.78 Å². The highest BCUT2D eigenvalue weighted by atomic mass is 19.1. The summed E-state index contributed by atoms with van der Waals surface area (Å²) in [5.41, 5.74) is 0.311. The normalized spacial score (nSPS) is 11.1. The third-order valence-corrected chi connectivity index (χ3v) is 1.65. The molecule has 76 valence electrons. The van der Waals surface area contributed by atoms with Crippen LogP contribution in [0, 0.1) is 11.6 Å². The van der Waals surface area contributed by atoms with Crippen LogP contribution >= 0.6 is 0 Å². The Kier molecular flexibility index (Phi) is 3.59. The van der Waals surface area contributed by atoms with Crippen LogP contribution in [0.5, 0.6) is 5.75 Å². The highest BCUT2D eigenvalue weighted by Gasteiger charge is 2.07. The summed E-state index contributed by atoms with van der Waals surface area (Å²) in [4.78, 5) is 0. The molecule has 0 saturated heterocycles. The topological polar surface area (TPSA) is 40.5 Å². The van der Waals surface area contributed by atoms with Crippen LogP contribution in [-0.2, 0) is 0 Å². The molecular formula is C10H10F2O2. The van der Waals surface area contributed by atoms with Gasteiger partial charge in [-0.3, -0.25) is 0 Å². The van der Waals surface area contributed by atoms with E-state index in [1.54, 1.807) is 6.08 Å². The Morgan fingerprint density at radius 3 is 2.29 bits per heavy atom. The van der Waals surface area contributed by atoms with E-state index >= 15 is 0 Å². The highest BCUT2D eigenvalue weighted by Crippen LogP contribution is 2.21. The van der Waals surface area contributed by atoms with Gasteiger partial charge in [-0.2, -0.15) is 0 Å². The van der Waals surface area contributed by atoms with Crippen LogP contribution in [-0.4, -0.2) is 16.8 Å². The van der Waals surface area contributed by atoms with Crippen molar-refractivity contribution in [3.8, 4) is 5.75 Å². The maximum Gasteiger partial charge on any atom is 0.187 e. The van der Waals surface area contributed by atoms with E-state index in [1.165, 1.54) is 6.08 Å². The van der Waals surface area contributed by atoms with Crippen LogP contribution in [0.3, 0.4) is 0 Å². The highest BCUT2D eigenvalue weighted by molar-refractivity contribution is 5.51. The van der Waals surface area contributed by atoms with Crippen molar-refractivity contribution in [3.05, 3.63) is 35.4 Å². The Bertz CT molecular complexity index is 325. The Morgan fingerprint density at radius 2 is 1.79 bits per heavy atom. The Labute approximate surface area is 80.1 Å². The zero-order valence-electron chi connectivity index (χ0n) is 7.37. The quantitative estimate of drug-likeness (QED) is 0.784. The van der Waals surface area contributed by atoms with Crippen molar-refractivity contribution in [1.29, 1.82) is 0 Å². The van der Waals surface area contributed by atoms with E-state index in [2.05, 4.69) is 0 Å². The van der Waals surface area contributed by atoms with Gasteiger partial charge in [0.05, 0.1) is 0 Å². The number of aliphatic hydroxyl groups is 1. The predicted molar refractivity (Wildman–Crippen MR) is 48.8 cm³/mol. The molecule has 4 heteroatoms. The van der Waals surface area contributed by atoms with Gasteiger partial charge in [0.15, 0.2) is 17.4 Å². The van der Waals surface area contributed by atoms with Gasteiger partial charge in [-0.1, -0.05) is 12.2 Å². The molecule has 2 nitrogen and oxygen atoms in total. The van der Waals surface area contributed by atoms with Gasteiger partial charge in [0, 0.05) is 6.61 Å². The number of aliphatic hydroxyl groups excluding tert-OH is 1. The third-order valence-electron chi connectivity index (χ3n) is 1.65. The molecule has 0 saturated carbocycles. The minimum atomic E-state index is -0.992. The average molecular weight is 200 g/mol. The molecule has 0 radical (unpaired) electrons. The van der Waals surface area contributed by atoms with Crippen molar-refractivity contribution in [2.24, 2.45) is 0 Å². The Hall–Kier alpha value is -1.42. The van der Waals surface area contributed by atoms with Gasteiger partial charge in [0.2, 0.25) is 0 Å². The number of phenolic OH excluding ortho intramolecular Hbond substituents is 1. The maximum absolute atomic E-state index is 12.8. The summed E-state index contributed by atoms with van der Waals surface area (Å²) in [6.45, 7) is -0.0143. The number of halogens is 2. The summed E-state index contributed by atoms with van der Waals surface area (Å²) in [6.07, 6.45) is 3.48. The van der Waals surface area contributed by atoms with Crippen molar-refractivity contribution < 1.29 is 19.0 Å². The van der Waals surface area contributed by atoms with Crippen LogP contribution in [0.25, 0.3) is 6.08 Å². The molecule has 0 aromatic heterocycles. The molecule has 0 aliphatic rings. The van der Waals surface area contributed by atoms with Gasteiger partial charge in [0.1, 0.15) is 0 Å². The smallest absolute Gasteiger partial charge is 0.187 e. The standard InChI is InChI=1S/C10H10F2O2/c11-8-5-7(3-1-2-4-13)6-9(12)10(8)14/h1,3,5-6,13-14H,2,4H2. The van der Waals surface area contributed by atoms with Gasteiger partial charge in [0.25, 0.3) is 0 Å². The van der Waals surface area contributed by atoms with Crippen LogP contribution < -0.4 is 0 Å². The molecule has 0 aliphatic heterocycles. The minimum Gasteiger partial charge on any atom is -0.503 e. The first-order chi connectivity index (χ1) is 6.65. The van der Waals surface area contributed by atoms with Crippen molar-refractivity contribution in [3.63, 3.8) is 0 Å². The Balaban J connectivity index is 2.89. The molecule has 1 rings (SSSR count). The van der Waals surface area contributed by atoms with Crippen molar-refractivity contribution >= 4 is 6.08 Å². The molecule has 2 N–H and O–H groups in total. The van der Waals surface area contributed by atoms with Gasteiger partial charge >= 0.3 is 0 Å². The molecule has 0 amide bonds. The molecule has 1 aromatic rings. The maximum atomic E-state index is 12.8. The third kappa shape index (κ3) is 2.53. The van der Waals surface area contributed by atoms with Crippen molar-refractivity contribution in [2.45, 2.75) is 6.42 Å². The zero-order chi connectivity index (χ0) is 10.6. The van der Waals surface area contributed by atoms with Crippen molar-refractivity contribution in [2.75, 3.05) is 6.61 Å². The number of hydrogen-bond acceptors (Lipinski definition) is 2. The fourth-order valence-electron chi connectivity index (χ4n) is 0.975. The molecule has 14 heavy (non-hydrogen) atoms. The lowest BCUT2D eigenvalue weighted by atomic mass is 10.2. The molecule has 0 aliphatic carbocycles. The van der Waals surface area contributed by atoms with Crippen molar-refractivity contribution in [1.82, 2.24) is 0 Å². The summed E-state index contributed by atoms with van der Waals surface area (Å²) in [7, 11) is 0. The van der Waals surface area contributed by atoms with Crippen LogP contribution in [0.2, 0.25) is 0 Å². The summed E-state index contributed by atoms with van der Waals surface area (Å²) in [5.74, 6) is -2.95. The van der Waals surface area contributed by atoms with E-state index in [-0.39, 0.29) is 6.61 Å². The summed E-state index contributed by atoms with van der Waals surface area (Å²) in [6, 6.07) is 2.04. The average Bonchev–Trinajstić information content (AvgIpc) is 2.14. The predicted octanol–water partition coefficient (Wildman–Crippen LogP) is 2.07. The number of aromatic hydroxyl groups is 1. The van der Waals surface area contributed by atoms with E-state index in [0.717, 1.165) is 12.1 Å². The number of phenols is 1. The first kappa shape index (κ1) is 10.7.